The summed E-state index contributed by atoms with van der Waals surface area (Å²) in [6.45, 7) is 6.72. The first-order chi connectivity index (χ1) is 11.8. The van der Waals surface area contributed by atoms with Gasteiger partial charge in [-0.05, 0) is 51.8 Å². The van der Waals surface area contributed by atoms with E-state index in [0.29, 0.717) is 49.0 Å². The smallest absolute Gasteiger partial charge is 0.144 e. The lowest BCUT2D eigenvalue weighted by Gasteiger charge is -2.21. The summed E-state index contributed by atoms with van der Waals surface area (Å²) in [6, 6.07) is 4.34. The van der Waals surface area contributed by atoms with E-state index in [1.807, 2.05) is 20.8 Å². The van der Waals surface area contributed by atoms with E-state index < -0.39 is 16.1 Å². The Morgan fingerprint density at radius 2 is 2.24 bits per heavy atom. The number of ether oxygens (including phenoxy) is 2. The predicted molar refractivity (Wildman–Crippen MR) is 101 cm³/mol. The molecule has 25 heavy (non-hydrogen) atoms. The van der Waals surface area contributed by atoms with Crippen LogP contribution < -0.4 is 4.74 Å². The lowest BCUT2D eigenvalue weighted by molar-refractivity contribution is 0.141. The molecule has 1 aromatic carbocycles. The maximum absolute atomic E-state index is 13.9. The summed E-state index contributed by atoms with van der Waals surface area (Å²) in [4.78, 5) is 0. The van der Waals surface area contributed by atoms with Crippen molar-refractivity contribution in [1.29, 1.82) is 0 Å². The topological polar surface area (TPSA) is 53.9 Å². The molecule has 0 bridgehead atoms. The largest absolute Gasteiger partial charge is 0.591 e. The van der Waals surface area contributed by atoms with Gasteiger partial charge < -0.3 is 14.0 Å². The molecular weight excluding hydrogens is 365 g/mol. The lowest BCUT2D eigenvalue weighted by atomic mass is 10.0. The minimum atomic E-state index is -1.45. The fourth-order valence-electron chi connectivity index (χ4n) is 2.32. The van der Waals surface area contributed by atoms with E-state index in [1.165, 1.54) is 12.1 Å². The summed E-state index contributed by atoms with van der Waals surface area (Å²) in [6.07, 6.45) is 1.89. The standard InChI is InChI=1S/C18H25ClFNO3S/c1-18(2,3)25(22)21-16(5-4-9-19)15-11-13(20)6-7-17(15)24-14-8-10-23-12-14/h6-7,11,14H,4-5,8-10,12H2,1-3H3/t14-,25?/m0/s1. The molecule has 1 aliphatic rings. The number of rotatable bonds is 7. The summed E-state index contributed by atoms with van der Waals surface area (Å²) in [5.74, 6) is 0.602. The van der Waals surface area contributed by atoms with Gasteiger partial charge in [-0.2, -0.15) is 0 Å². The van der Waals surface area contributed by atoms with E-state index in [1.54, 1.807) is 6.07 Å². The molecule has 1 fully saturated rings. The second kappa shape index (κ2) is 9.21. The van der Waals surface area contributed by atoms with Crippen LogP contribution in [-0.2, 0) is 16.1 Å². The zero-order valence-electron chi connectivity index (χ0n) is 14.9. The van der Waals surface area contributed by atoms with Gasteiger partial charge in [-0.25, -0.2) is 4.39 Å². The highest BCUT2D eigenvalue weighted by Crippen LogP contribution is 2.27. The van der Waals surface area contributed by atoms with E-state index >= 15 is 0 Å². The van der Waals surface area contributed by atoms with Crippen LogP contribution in [0, 0.1) is 5.82 Å². The Morgan fingerprint density at radius 3 is 2.84 bits per heavy atom. The average molecular weight is 390 g/mol. The van der Waals surface area contributed by atoms with Crippen LogP contribution in [0.2, 0.25) is 0 Å². The molecule has 0 amide bonds. The Morgan fingerprint density at radius 1 is 1.48 bits per heavy atom. The third-order valence-corrected chi connectivity index (χ3v) is 5.40. The number of alkyl halides is 1. The van der Waals surface area contributed by atoms with Gasteiger partial charge in [-0.3, -0.25) is 0 Å². The van der Waals surface area contributed by atoms with Crippen LogP contribution in [0.5, 0.6) is 5.75 Å². The third-order valence-electron chi connectivity index (χ3n) is 3.70. The quantitative estimate of drug-likeness (QED) is 0.397. The molecule has 140 valence electrons. The number of halogens is 2. The van der Waals surface area contributed by atoms with Gasteiger partial charge in [0.25, 0.3) is 0 Å². The van der Waals surface area contributed by atoms with Crippen molar-refractivity contribution in [2.75, 3.05) is 19.1 Å². The van der Waals surface area contributed by atoms with Gasteiger partial charge in [0.15, 0.2) is 0 Å². The number of benzene rings is 1. The Labute approximate surface area is 157 Å². The molecule has 1 saturated heterocycles. The van der Waals surface area contributed by atoms with Gasteiger partial charge in [0, 0.05) is 17.9 Å². The fraction of sp³-hybridized carbons (Fsp3) is 0.611. The first kappa shape index (κ1) is 20.5. The predicted octanol–water partition coefficient (Wildman–Crippen LogP) is 4.26. The highest BCUT2D eigenvalue weighted by Gasteiger charge is 2.28. The molecule has 7 heteroatoms. The van der Waals surface area contributed by atoms with Crippen LogP contribution in [0.4, 0.5) is 4.39 Å². The van der Waals surface area contributed by atoms with Crippen molar-refractivity contribution < 1.29 is 18.4 Å². The average Bonchev–Trinajstić information content (AvgIpc) is 3.05. The molecule has 1 unspecified atom stereocenters. The van der Waals surface area contributed by atoms with E-state index in [-0.39, 0.29) is 11.9 Å². The van der Waals surface area contributed by atoms with Crippen LogP contribution in [-0.4, -0.2) is 40.2 Å². The highest BCUT2D eigenvalue weighted by atomic mass is 35.5. The molecule has 0 spiro atoms. The Bertz CT molecular complexity index is 600. The summed E-state index contributed by atoms with van der Waals surface area (Å²) >= 11 is 4.37. The maximum atomic E-state index is 13.9. The lowest BCUT2D eigenvalue weighted by Crippen LogP contribution is -2.27. The fourth-order valence-corrected chi connectivity index (χ4v) is 3.11. The normalized spacial score (nSPS) is 19.9. The molecule has 1 aliphatic heterocycles. The van der Waals surface area contributed by atoms with Crippen LogP contribution in [0.15, 0.2) is 22.6 Å². The van der Waals surface area contributed by atoms with Gasteiger partial charge in [0.2, 0.25) is 0 Å². The minimum Gasteiger partial charge on any atom is -0.591 e. The number of hydrogen-bond acceptors (Lipinski definition) is 4. The molecule has 0 N–H and O–H groups in total. The van der Waals surface area contributed by atoms with Crippen molar-refractivity contribution in [1.82, 2.24) is 0 Å². The number of hydrogen-bond donors (Lipinski definition) is 0. The summed E-state index contributed by atoms with van der Waals surface area (Å²) in [5.41, 5.74) is 1.09. The highest BCUT2D eigenvalue weighted by molar-refractivity contribution is 7.91. The van der Waals surface area contributed by atoms with Gasteiger partial charge in [-0.15, -0.1) is 11.6 Å². The Kier molecular flexibility index (Phi) is 7.55. The van der Waals surface area contributed by atoms with Gasteiger partial charge in [0.05, 0.1) is 13.2 Å². The molecule has 1 aromatic rings. The zero-order valence-corrected chi connectivity index (χ0v) is 16.5. The van der Waals surface area contributed by atoms with Crippen molar-refractivity contribution >= 4 is 28.7 Å². The van der Waals surface area contributed by atoms with E-state index in [0.717, 1.165) is 6.42 Å². The summed E-state index contributed by atoms with van der Waals surface area (Å²) in [5, 5.41) is 0. The molecule has 0 saturated carbocycles. The van der Waals surface area contributed by atoms with Gasteiger partial charge in [0.1, 0.15) is 39.5 Å². The SMILES string of the molecule is CC(C)(C)[S+]([O-])N=C(CCCCl)c1cc(F)ccc1O[C@H]1CCOC1. The van der Waals surface area contributed by atoms with Crippen LogP contribution in [0.25, 0.3) is 0 Å². The van der Waals surface area contributed by atoms with Crippen molar-refractivity contribution in [3.8, 4) is 5.75 Å². The van der Waals surface area contributed by atoms with Gasteiger partial charge >= 0.3 is 0 Å². The van der Waals surface area contributed by atoms with Crippen molar-refractivity contribution in [3.63, 3.8) is 0 Å². The zero-order chi connectivity index (χ0) is 18.4. The van der Waals surface area contributed by atoms with Crippen molar-refractivity contribution in [2.45, 2.75) is 50.9 Å². The van der Waals surface area contributed by atoms with Gasteiger partial charge in [-0.1, -0.05) is 4.40 Å². The second-order valence-corrected chi connectivity index (χ2v) is 9.22. The van der Waals surface area contributed by atoms with E-state index in [2.05, 4.69) is 4.40 Å². The Hall–Kier alpha value is -0.820. The van der Waals surface area contributed by atoms with Crippen LogP contribution >= 0.6 is 11.6 Å². The maximum Gasteiger partial charge on any atom is 0.144 e. The first-order valence-corrected chi connectivity index (χ1v) is 10.0. The summed E-state index contributed by atoms with van der Waals surface area (Å²) < 4.78 is 41.6. The van der Waals surface area contributed by atoms with E-state index in [9.17, 15) is 8.94 Å². The monoisotopic (exact) mass is 389 g/mol. The van der Waals surface area contributed by atoms with Crippen molar-refractivity contribution in [2.24, 2.45) is 4.40 Å². The molecular formula is C18H25ClFNO3S. The molecule has 0 aliphatic carbocycles. The first-order valence-electron chi connectivity index (χ1n) is 8.41. The van der Waals surface area contributed by atoms with Crippen LogP contribution in [0.1, 0.15) is 45.6 Å². The Balaban J connectivity index is 2.36. The van der Waals surface area contributed by atoms with Crippen molar-refractivity contribution in [3.05, 3.63) is 29.6 Å². The molecule has 2 rings (SSSR count). The second-order valence-electron chi connectivity index (χ2n) is 6.94. The summed E-state index contributed by atoms with van der Waals surface area (Å²) in [7, 11) is 0. The van der Waals surface area contributed by atoms with Crippen LogP contribution in [0.3, 0.4) is 0 Å². The minimum absolute atomic E-state index is 0.0633. The molecule has 0 radical (unpaired) electrons. The third kappa shape index (κ3) is 6.13. The molecule has 0 aromatic heterocycles. The molecule has 1 heterocycles. The van der Waals surface area contributed by atoms with E-state index in [4.69, 9.17) is 21.1 Å². The number of nitrogens with zero attached hydrogens (tertiary/aromatic N) is 1. The molecule has 4 nitrogen and oxygen atoms in total. The molecule has 2 atom stereocenters.